The Bertz CT molecular complexity index is 514. The Hall–Kier alpha value is -1.27. The van der Waals surface area contributed by atoms with Gasteiger partial charge in [-0.05, 0) is 37.0 Å². The number of rotatable bonds is 4. The third-order valence-corrected chi connectivity index (χ3v) is 4.09. The van der Waals surface area contributed by atoms with Gasteiger partial charge in [0.1, 0.15) is 0 Å². The van der Waals surface area contributed by atoms with E-state index in [2.05, 4.69) is 5.32 Å². The summed E-state index contributed by atoms with van der Waals surface area (Å²) in [5.74, 6) is 0. The molecule has 1 aromatic rings. The lowest BCUT2D eigenvalue weighted by Crippen LogP contribution is -2.23. The second kappa shape index (κ2) is 5.50. The predicted molar refractivity (Wildman–Crippen MR) is 74.1 cm³/mol. The average molecular weight is 300 g/mol. The van der Waals surface area contributed by atoms with Crippen molar-refractivity contribution in [2.45, 2.75) is 44.1 Å². The molecule has 0 radical (unpaired) electrons. The molecule has 0 aromatic heterocycles. The highest BCUT2D eigenvalue weighted by Crippen LogP contribution is 2.35. The summed E-state index contributed by atoms with van der Waals surface area (Å²) < 4.78 is 39.7. The van der Waals surface area contributed by atoms with E-state index in [1.807, 2.05) is 0 Å². The van der Waals surface area contributed by atoms with Crippen LogP contribution in [0.2, 0.25) is 0 Å². The van der Waals surface area contributed by atoms with Gasteiger partial charge in [0.25, 0.3) is 0 Å². The normalized spacial score (nSPS) is 22.9. The molecule has 21 heavy (non-hydrogen) atoms. The lowest BCUT2D eigenvalue weighted by atomic mass is 10.1. The molecule has 3 rings (SSSR count). The van der Waals surface area contributed by atoms with Gasteiger partial charge in [0.2, 0.25) is 0 Å². The summed E-state index contributed by atoms with van der Waals surface area (Å²) in [4.78, 5) is 1.80. The van der Waals surface area contributed by atoms with Crippen LogP contribution >= 0.6 is 0 Å². The highest BCUT2D eigenvalue weighted by Gasteiger charge is 2.35. The molecule has 1 aliphatic carbocycles. The molecule has 2 aliphatic rings. The fourth-order valence-corrected chi connectivity index (χ4v) is 2.70. The number of aliphatic hydroxyl groups excluding tert-OH is 1. The van der Waals surface area contributed by atoms with E-state index >= 15 is 0 Å². The van der Waals surface area contributed by atoms with Crippen molar-refractivity contribution in [3.05, 3.63) is 29.3 Å². The van der Waals surface area contributed by atoms with Crippen LogP contribution in [0, 0.1) is 0 Å². The van der Waals surface area contributed by atoms with Gasteiger partial charge in [0.05, 0.1) is 11.7 Å². The maximum atomic E-state index is 13.2. The van der Waals surface area contributed by atoms with Crippen molar-refractivity contribution >= 4 is 5.69 Å². The SMILES string of the molecule is OC1CCN(c2ccc(CNC3CC3)c(C(F)(F)F)c2)C1. The molecule has 1 aromatic carbocycles. The fraction of sp³-hybridized carbons (Fsp3) is 0.600. The molecular formula is C15H19F3N2O. The number of halogens is 3. The summed E-state index contributed by atoms with van der Waals surface area (Å²) >= 11 is 0. The number of anilines is 1. The van der Waals surface area contributed by atoms with E-state index < -0.39 is 17.8 Å². The Labute approximate surface area is 121 Å². The first kappa shape index (κ1) is 14.7. The van der Waals surface area contributed by atoms with Gasteiger partial charge in [-0.3, -0.25) is 0 Å². The van der Waals surface area contributed by atoms with Crippen LogP contribution in [0.3, 0.4) is 0 Å². The zero-order valence-corrected chi connectivity index (χ0v) is 11.7. The van der Waals surface area contributed by atoms with Crippen LogP contribution in [0.5, 0.6) is 0 Å². The number of aliphatic hydroxyl groups is 1. The van der Waals surface area contributed by atoms with Gasteiger partial charge in [-0.15, -0.1) is 0 Å². The number of nitrogens with one attached hydrogen (secondary N) is 1. The lowest BCUT2D eigenvalue weighted by molar-refractivity contribution is -0.138. The highest BCUT2D eigenvalue weighted by atomic mass is 19.4. The minimum atomic E-state index is -4.35. The Balaban J connectivity index is 1.83. The molecule has 2 N–H and O–H groups in total. The van der Waals surface area contributed by atoms with E-state index in [4.69, 9.17) is 0 Å². The van der Waals surface area contributed by atoms with Gasteiger partial charge in [-0.2, -0.15) is 13.2 Å². The molecule has 1 unspecified atom stereocenters. The maximum absolute atomic E-state index is 13.2. The number of hydrogen-bond acceptors (Lipinski definition) is 3. The van der Waals surface area contributed by atoms with Crippen molar-refractivity contribution in [1.29, 1.82) is 0 Å². The molecule has 0 amide bonds. The number of nitrogens with zero attached hydrogens (tertiary/aromatic N) is 1. The van der Waals surface area contributed by atoms with E-state index in [9.17, 15) is 18.3 Å². The van der Waals surface area contributed by atoms with Gasteiger partial charge in [0.15, 0.2) is 0 Å². The van der Waals surface area contributed by atoms with Crippen LogP contribution in [0.25, 0.3) is 0 Å². The molecule has 1 heterocycles. The van der Waals surface area contributed by atoms with Crippen LogP contribution in [0.15, 0.2) is 18.2 Å². The molecule has 1 saturated heterocycles. The van der Waals surface area contributed by atoms with E-state index in [1.54, 1.807) is 17.0 Å². The predicted octanol–water partition coefficient (Wildman–Crippen LogP) is 2.53. The van der Waals surface area contributed by atoms with Crippen molar-refractivity contribution in [2.75, 3.05) is 18.0 Å². The van der Waals surface area contributed by atoms with Gasteiger partial charge >= 0.3 is 6.18 Å². The zero-order valence-electron chi connectivity index (χ0n) is 11.7. The first-order valence-corrected chi connectivity index (χ1v) is 7.30. The number of β-amino-alcohol motifs (C(OH)–C–C–N with tert-alkyl or cyclic N) is 1. The van der Waals surface area contributed by atoms with Gasteiger partial charge in [-0.25, -0.2) is 0 Å². The monoisotopic (exact) mass is 300 g/mol. The summed E-state index contributed by atoms with van der Waals surface area (Å²) in [6.45, 7) is 1.25. The Kier molecular flexibility index (Phi) is 3.84. The van der Waals surface area contributed by atoms with Crippen LogP contribution < -0.4 is 10.2 Å². The quantitative estimate of drug-likeness (QED) is 0.897. The van der Waals surface area contributed by atoms with Gasteiger partial charge < -0.3 is 15.3 Å². The largest absolute Gasteiger partial charge is 0.416 e. The van der Waals surface area contributed by atoms with Crippen LogP contribution in [-0.2, 0) is 12.7 Å². The summed E-state index contributed by atoms with van der Waals surface area (Å²) in [5.41, 5.74) is 0.251. The summed E-state index contributed by atoms with van der Waals surface area (Å²) in [5, 5.41) is 12.7. The number of hydrogen-bond donors (Lipinski definition) is 2. The standard InChI is InChI=1S/C15H19F3N2O/c16-15(17,18)14-7-12(20-6-5-13(21)9-20)4-1-10(14)8-19-11-2-3-11/h1,4,7,11,13,19,21H,2-3,5-6,8-9H2. The molecule has 1 aliphatic heterocycles. The third-order valence-electron chi connectivity index (χ3n) is 4.09. The topological polar surface area (TPSA) is 35.5 Å². The first-order chi connectivity index (χ1) is 9.93. The molecule has 0 bridgehead atoms. The minimum absolute atomic E-state index is 0.252. The van der Waals surface area contributed by atoms with E-state index in [0.717, 1.165) is 12.8 Å². The molecule has 3 nitrogen and oxygen atoms in total. The lowest BCUT2D eigenvalue weighted by Gasteiger charge is -2.21. The zero-order chi connectivity index (χ0) is 15.0. The average Bonchev–Trinajstić information content (AvgIpc) is 3.16. The minimum Gasteiger partial charge on any atom is -0.391 e. The summed E-state index contributed by atoms with van der Waals surface area (Å²) in [6, 6.07) is 4.86. The molecular weight excluding hydrogens is 281 g/mol. The second-order valence-corrected chi connectivity index (χ2v) is 5.88. The van der Waals surface area contributed by atoms with Crippen molar-refractivity contribution in [3.8, 4) is 0 Å². The Morgan fingerprint density at radius 1 is 1.24 bits per heavy atom. The van der Waals surface area contributed by atoms with Crippen LogP contribution in [0.1, 0.15) is 30.4 Å². The van der Waals surface area contributed by atoms with Gasteiger partial charge in [-0.1, -0.05) is 6.07 Å². The van der Waals surface area contributed by atoms with E-state index in [-0.39, 0.29) is 12.1 Å². The Morgan fingerprint density at radius 2 is 2.00 bits per heavy atom. The highest BCUT2D eigenvalue weighted by molar-refractivity contribution is 5.52. The van der Waals surface area contributed by atoms with Crippen LogP contribution in [-0.4, -0.2) is 30.3 Å². The number of alkyl halides is 3. The van der Waals surface area contributed by atoms with Crippen molar-refractivity contribution in [1.82, 2.24) is 5.32 Å². The fourth-order valence-electron chi connectivity index (χ4n) is 2.70. The summed E-state index contributed by atoms with van der Waals surface area (Å²) in [6.07, 6.45) is -2.10. The van der Waals surface area contributed by atoms with Gasteiger partial charge in [0, 0.05) is 31.4 Å². The molecule has 116 valence electrons. The molecule has 2 fully saturated rings. The molecule has 1 saturated carbocycles. The smallest absolute Gasteiger partial charge is 0.391 e. The Morgan fingerprint density at radius 3 is 2.57 bits per heavy atom. The third kappa shape index (κ3) is 3.49. The summed E-state index contributed by atoms with van der Waals surface area (Å²) in [7, 11) is 0. The van der Waals surface area contributed by atoms with Crippen molar-refractivity contribution < 1.29 is 18.3 Å². The molecule has 6 heteroatoms. The first-order valence-electron chi connectivity index (χ1n) is 7.30. The van der Waals surface area contributed by atoms with E-state index in [0.29, 0.717) is 31.2 Å². The second-order valence-electron chi connectivity index (χ2n) is 5.88. The maximum Gasteiger partial charge on any atom is 0.416 e. The number of benzene rings is 1. The van der Waals surface area contributed by atoms with Crippen LogP contribution in [0.4, 0.5) is 18.9 Å². The van der Waals surface area contributed by atoms with Crippen molar-refractivity contribution in [2.24, 2.45) is 0 Å². The van der Waals surface area contributed by atoms with Crippen molar-refractivity contribution in [3.63, 3.8) is 0 Å². The molecule has 0 spiro atoms. The molecule has 1 atom stereocenters. The van der Waals surface area contributed by atoms with E-state index in [1.165, 1.54) is 6.07 Å².